The maximum absolute atomic E-state index is 12.2. The largest absolute Gasteiger partial charge is 0.497 e. The third kappa shape index (κ3) is 4.72. The van der Waals surface area contributed by atoms with Crippen LogP contribution in [0.4, 0.5) is 5.69 Å². The van der Waals surface area contributed by atoms with Crippen molar-refractivity contribution >= 4 is 11.6 Å². The van der Waals surface area contributed by atoms with Gasteiger partial charge in [-0.15, -0.1) is 0 Å². The standard InChI is InChI=1S/C16H24N2O3/c1-21-15-8-2-5-13(11-15)17-16(20)12-18(9-4-10-19)14-6-3-7-14/h2,5,8,11,14,19H,3-4,6-7,9-10,12H2,1H3,(H,17,20). The molecule has 0 bridgehead atoms. The van der Waals surface area contributed by atoms with Crippen molar-refractivity contribution in [2.45, 2.75) is 31.7 Å². The number of hydrogen-bond acceptors (Lipinski definition) is 4. The Labute approximate surface area is 125 Å². The second-order valence-corrected chi connectivity index (χ2v) is 5.41. The van der Waals surface area contributed by atoms with Crippen LogP contribution >= 0.6 is 0 Å². The van der Waals surface area contributed by atoms with Gasteiger partial charge in [0.05, 0.1) is 13.7 Å². The zero-order chi connectivity index (χ0) is 15.1. The molecule has 1 aliphatic carbocycles. The molecule has 1 fully saturated rings. The van der Waals surface area contributed by atoms with Crippen LogP contribution in [0.5, 0.6) is 5.75 Å². The highest BCUT2D eigenvalue weighted by Gasteiger charge is 2.26. The second kappa shape index (κ2) is 8.00. The molecular formula is C16H24N2O3. The SMILES string of the molecule is COc1cccc(NC(=O)CN(CCCO)C2CCC2)c1. The molecule has 0 aliphatic heterocycles. The molecule has 1 amide bonds. The lowest BCUT2D eigenvalue weighted by molar-refractivity contribution is -0.118. The van der Waals surface area contributed by atoms with Gasteiger partial charge < -0.3 is 15.2 Å². The highest BCUT2D eigenvalue weighted by Crippen LogP contribution is 2.25. The molecule has 0 unspecified atom stereocenters. The van der Waals surface area contributed by atoms with Gasteiger partial charge in [-0.05, 0) is 31.4 Å². The summed E-state index contributed by atoms with van der Waals surface area (Å²) in [7, 11) is 1.61. The van der Waals surface area contributed by atoms with Crippen molar-refractivity contribution in [2.75, 3.05) is 32.1 Å². The van der Waals surface area contributed by atoms with Crippen LogP contribution in [-0.4, -0.2) is 48.8 Å². The van der Waals surface area contributed by atoms with E-state index < -0.39 is 0 Å². The van der Waals surface area contributed by atoms with E-state index in [9.17, 15) is 4.79 Å². The molecule has 0 heterocycles. The summed E-state index contributed by atoms with van der Waals surface area (Å²) in [6.07, 6.45) is 4.25. The Balaban J connectivity index is 1.88. The Bertz CT molecular complexity index is 461. The van der Waals surface area contributed by atoms with Crippen LogP contribution in [0.1, 0.15) is 25.7 Å². The van der Waals surface area contributed by atoms with Gasteiger partial charge in [0.15, 0.2) is 0 Å². The van der Waals surface area contributed by atoms with Crippen LogP contribution in [0.15, 0.2) is 24.3 Å². The van der Waals surface area contributed by atoms with E-state index in [4.69, 9.17) is 9.84 Å². The lowest BCUT2D eigenvalue weighted by atomic mass is 9.91. The number of nitrogens with one attached hydrogen (secondary N) is 1. The minimum atomic E-state index is -0.0203. The second-order valence-electron chi connectivity index (χ2n) is 5.41. The molecule has 0 aromatic heterocycles. The lowest BCUT2D eigenvalue weighted by Gasteiger charge is -2.37. The molecule has 5 nitrogen and oxygen atoms in total. The van der Waals surface area contributed by atoms with Crippen molar-refractivity contribution in [3.8, 4) is 5.75 Å². The van der Waals surface area contributed by atoms with Gasteiger partial charge in [0.25, 0.3) is 0 Å². The van der Waals surface area contributed by atoms with Gasteiger partial charge in [0.2, 0.25) is 5.91 Å². The van der Waals surface area contributed by atoms with Gasteiger partial charge >= 0.3 is 0 Å². The Morgan fingerprint density at radius 2 is 2.29 bits per heavy atom. The number of aliphatic hydroxyl groups excluding tert-OH is 1. The smallest absolute Gasteiger partial charge is 0.238 e. The van der Waals surface area contributed by atoms with Crippen LogP contribution < -0.4 is 10.1 Å². The number of aliphatic hydroxyl groups is 1. The zero-order valence-electron chi connectivity index (χ0n) is 12.5. The summed E-state index contributed by atoms with van der Waals surface area (Å²) in [4.78, 5) is 14.3. The average Bonchev–Trinajstić information content (AvgIpc) is 2.43. The first kappa shape index (κ1) is 15.8. The molecule has 1 aromatic carbocycles. The molecule has 0 spiro atoms. The number of rotatable bonds is 8. The minimum absolute atomic E-state index is 0.0203. The van der Waals surface area contributed by atoms with Crippen molar-refractivity contribution in [3.63, 3.8) is 0 Å². The van der Waals surface area contributed by atoms with Crippen LogP contribution in [0.2, 0.25) is 0 Å². The number of nitrogens with zero attached hydrogens (tertiary/aromatic N) is 1. The Morgan fingerprint density at radius 1 is 1.48 bits per heavy atom. The van der Waals surface area contributed by atoms with Crippen molar-refractivity contribution < 1.29 is 14.6 Å². The van der Waals surface area contributed by atoms with E-state index in [1.807, 2.05) is 18.2 Å². The molecular weight excluding hydrogens is 268 g/mol. The van der Waals surface area contributed by atoms with Crippen molar-refractivity contribution in [3.05, 3.63) is 24.3 Å². The molecule has 1 saturated carbocycles. The fourth-order valence-corrected chi connectivity index (χ4v) is 2.50. The summed E-state index contributed by atoms with van der Waals surface area (Å²) in [5, 5.41) is 11.9. The Morgan fingerprint density at radius 3 is 2.90 bits per heavy atom. The number of carbonyl (C=O) groups excluding carboxylic acids is 1. The third-order valence-corrected chi connectivity index (χ3v) is 3.89. The lowest BCUT2D eigenvalue weighted by Crippen LogP contribution is -2.45. The highest BCUT2D eigenvalue weighted by molar-refractivity contribution is 5.92. The van der Waals surface area contributed by atoms with Crippen LogP contribution in [-0.2, 0) is 4.79 Å². The van der Waals surface area contributed by atoms with Gasteiger partial charge in [0, 0.05) is 30.9 Å². The number of carbonyl (C=O) groups is 1. The maximum atomic E-state index is 12.2. The number of methoxy groups -OCH3 is 1. The number of amides is 1. The summed E-state index contributed by atoms with van der Waals surface area (Å²) in [6, 6.07) is 7.84. The Hall–Kier alpha value is -1.59. The van der Waals surface area contributed by atoms with Gasteiger partial charge in [-0.25, -0.2) is 0 Å². The fraction of sp³-hybridized carbons (Fsp3) is 0.562. The fourth-order valence-electron chi connectivity index (χ4n) is 2.50. The first-order valence-corrected chi connectivity index (χ1v) is 7.51. The number of anilines is 1. The van der Waals surface area contributed by atoms with Gasteiger partial charge in [0.1, 0.15) is 5.75 Å². The van der Waals surface area contributed by atoms with E-state index in [0.717, 1.165) is 30.8 Å². The Kier molecular flexibility index (Phi) is 6.02. The van der Waals surface area contributed by atoms with Gasteiger partial charge in [-0.3, -0.25) is 9.69 Å². The maximum Gasteiger partial charge on any atom is 0.238 e. The third-order valence-electron chi connectivity index (χ3n) is 3.89. The molecule has 2 rings (SSSR count). The van der Waals surface area contributed by atoms with Crippen LogP contribution in [0.25, 0.3) is 0 Å². The van der Waals surface area contributed by atoms with Crippen LogP contribution in [0.3, 0.4) is 0 Å². The number of hydrogen-bond donors (Lipinski definition) is 2. The van der Waals surface area contributed by atoms with E-state index in [1.165, 1.54) is 6.42 Å². The van der Waals surface area contributed by atoms with E-state index in [2.05, 4.69) is 10.2 Å². The molecule has 2 N–H and O–H groups in total. The number of ether oxygens (including phenoxy) is 1. The average molecular weight is 292 g/mol. The normalized spacial score (nSPS) is 14.8. The first-order valence-electron chi connectivity index (χ1n) is 7.51. The summed E-state index contributed by atoms with van der Waals surface area (Å²) in [6.45, 7) is 1.31. The topological polar surface area (TPSA) is 61.8 Å². The molecule has 0 saturated heterocycles. The zero-order valence-corrected chi connectivity index (χ0v) is 12.5. The summed E-state index contributed by atoms with van der Waals surface area (Å²) in [5.41, 5.74) is 0.745. The minimum Gasteiger partial charge on any atom is -0.497 e. The predicted molar refractivity (Wildman–Crippen MR) is 82.5 cm³/mol. The molecule has 5 heteroatoms. The van der Waals surface area contributed by atoms with E-state index in [0.29, 0.717) is 19.0 Å². The highest BCUT2D eigenvalue weighted by atomic mass is 16.5. The molecule has 0 atom stereocenters. The molecule has 21 heavy (non-hydrogen) atoms. The number of benzene rings is 1. The molecule has 116 valence electrons. The van der Waals surface area contributed by atoms with Crippen LogP contribution in [0, 0.1) is 0 Å². The predicted octanol–water partition coefficient (Wildman–Crippen LogP) is 1.87. The molecule has 1 aromatic rings. The van der Waals surface area contributed by atoms with Gasteiger partial charge in [-0.1, -0.05) is 12.5 Å². The summed E-state index contributed by atoms with van der Waals surface area (Å²) in [5.74, 6) is 0.706. The quantitative estimate of drug-likeness (QED) is 0.768. The van der Waals surface area contributed by atoms with Crippen molar-refractivity contribution in [1.29, 1.82) is 0 Å². The van der Waals surface area contributed by atoms with E-state index in [-0.39, 0.29) is 12.5 Å². The van der Waals surface area contributed by atoms with E-state index in [1.54, 1.807) is 13.2 Å². The molecule has 1 aliphatic rings. The van der Waals surface area contributed by atoms with Crippen molar-refractivity contribution in [1.82, 2.24) is 4.90 Å². The van der Waals surface area contributed by atoms with E-state index >= 15 is 0 Å². The first-order chi connectivity index (χ1) is 10.2. The van der Waals surface area contributed by atoms with Crippen molar-refractivity contribution in [2.24, 2.45) is 0 Å². The molecule has 0 radical (unpaired) electrons. The summed E-state index contributed by atoms with van der Waals surface area (Å²) >= 11 is 0. The monoisotopic (exact) mass is 292 g/mol. The summed E-state index contributed by atoms with van der Waals surface area (Å²) < 4.78 is 5.15. The van der Waals surface area contributed by atoms with Gasteiger partial charge in [-0.2, -0.15) is 0 Å².